The Kier molecular flexibility index (Phi) is 5.73. The molecule has 0 radical (unpaired) electrons. The van der Waals surface area contributed by atoms with Crippen LogP contribution in [0.3, 0.4) is 0 Å². The number of amides is 3. The van der Waals surface area contributed by atoms with Crippen molar-refractivity contribution in [2.24, 2.45) is 0 Å². The Balaban J connectivity index is 1.74. The molecular formula is C21H22FN3O3. The van der Waals surface area contributed by atoms with Gasteiger partial charge in [-0.3, -0.25) is 14.4 Å². The van der Waals surface area contributed by atoms with Gasteiger partial charge in [0.2, 0.25) is 17.7 Å². The van der Waals surface area contributed by atoms with E-state index in [1.54, 1.807) is 48.2 Å². The quantitative estimate of drug-likeness (QED) is 0.882. The van der Waals surface area contributed by atoms with Gasteiger partial charge in [-0.1, -0.05) is 24.3 Å². The van der Waals surface area contributed by atoms with Crippen LogP contribution in [-0.4, -0.2) is 42.3 Å². The molecule has 1 N–H and O–H groups in total. The number of likely N-dealkylation sites (N-methyl/N-ethyl adjacent to an activating group) is 1. The van der Waals surface area contributed by atoms with E-state index in [1.807, 2.05) is 0 Å². The number of anilines is 2. The van der Waals surface area contributed by atoms with E-state index in [4.69, 9.17) is 0 Å². The number of carbonyl (C=O) groups excluding carboxylic acids is 3. The maximum absolute atomic E-state index is 13.3. The van der Waals surface area contributed by atoms with Crippen LogP contribution in [0.2, 0.25) is 0 Å². The van der Waals surface area contributed by atoms with Crippen LogP contribution < -0.4 is 10.2 Å². The number of hydrogen-bond donors (Lipinski definition) is 1. The smallest absolute Gasteiger partial charge is 0.246 e. The van der Waals surface area contributed by atoms with Gasteiger partial charge in [-0.05, 0) is 36.8 Å². The van der Waals surface area contributed by atoms with Gasteiger partial charge >= 0.3 is 0 Å². The highest BCUT2D eigenvalue weighted by Gasteiger charge is 2.30. The Morgan fingerprint density at radius 2 is 1.96 bits per heavy atom. The molecule has 28 heavy (non-hydrogen) atoms. The molecular weight excluding hydrogens is 361 g/mol. The van der Waals surface area contributed by atoms with Gasteiger partial charge in [0, 0.05) is 19.5 Å². The number of halogens is 1. The number of nitrogens with zero attached hydrogens (tertiary/aromatic N) is 2. The molecule has 1 atom stereocenters. The van der Waals surface area contributed by atoms with Crippen molar-refractivity contribution < 1.29 is 18.8 Å². The third-order valence-electron chi connectivity index (χ3n) is 4.67. The average molecular weight is 383 g/mol. The zero-order valence-electron chi connectivity index (χ0n) is 15.8. The van der Waals surface area contributed by atoms with Crippen molar-refractivity contribution in [3.8, 4) is 0 Å². The van der Waals surface area contributed by atoms with Crippen LogP contribution in [0.25, 0.3) is 0 Å². The minimum absolute atomic E-state index is 0.00766. The molecule has 0 fully saturated rings. The maximum Gasteiger partial charge on any atom is 0.246 e. The van der Waals surface area contributed by atoms with Crippen molar-refractivity contribution in [3.05, 3.63) is 59.9 Å². The molecule has 3 rings (SSSR count). The fraction of sp³-hybridized carbons (Fsp3) is 0.286. The Bertz CT molecular complexity index is 915. The number of nitrogens with one attached hydrogen (secondary N) is 1. The van der Waals surface area contributed by atoms with Crippen LogP contribution in [-0.2, 0) is 20.8 Å². The molecule has 1 aliphatic heterocycles. The van der Waals surface area contributed by atoms with E-state index in [2.05, 4.69) is 5.32 Å². The van der Waals surface area contributed by atoms with Crippen LogP contribution in [0.4, 0.5) is 15.8 Å². The third-order valence-corrected chi connectivity index (χ3v) is 4.67. The number of fused-ring (bicyclic) bond motifs is 1. The largest absolute Gasteiger partial charge is 0.336 e. The minimum atomic E-state index is -0.406. The van der Waals surface area contributed by atoms with Gasteiger partial charge in [-0.25, -0.2) is 4.39 Å². The van der Waals surface area contributed by atoms with Gasteiger partial charge in [0.15, 0.2) is 0 Å². The molecule has 0 saturated heterocycles. The second-order valence-electron chi connectivity index (χ2n) is 6.94. The number of para-hydroxylation sites is 2. The standard InChI is InChI=1S/C21H22FN3O3/c1-14-10-19(26)23-17-8-3-4-9-18(17)25(14)21(28)13-24(2)20(27)12-15-6-5-7-16(22)11-15/h3-9,11,14H,10,12-13H2,1-2H3,(H,23,26). The summed E-state index contributed by atoms with van der Waals surface area (Å²) >= 11 is 0. The normalized spacial score (nSPS) is 16.0. The SMILES string of the molecule is CC1CC(=O)Nc2ccccc2N1C(=O)CN(C)C(=O)Cc1cccc(F)c1. The first-order valence-corrected chi connectivity index (χ1v) is 9.04. The molecule has 1 heterocycles. The highest BCUT2D eigenvalue weighted by Crippen LogP contribution is 2.31. The molecule has 2 aromatic rings. The van der Waals surface area contributed by atoms with E-state index < -0.39 is 5.82 Å². The van der Waals surface area contributed by atoms with Crippen LogP contribution in [0.5, 0.6) is 0 Å². The number of rotatable bonds is 4. The summed E-state index contributed by atoms with van der Waals surface area (Å²) in [6.45, 7) is 1.66. The van der Waals surface area contributed by atoms with Crippen molar-refractivity contribution in [1.82, 2.24) is 4.90 Å². The summed E-state index contributed by atoms with van der Waals surface area (Å²) in [7, 11) is 1.54. The van der Waals surface area contributed by atoms with Gasteiger partial charge in [0.1, 0.15) is 5.82 Å². The van der Waals surface area contributed by atoms with E-state index in [1.165, 1.54) is 24.1 Å². The van der Waals surface area contributed by atoms with Crippen molar-refractivity contribution in [2.45, 2.75) is 25.8 Å². The average Bonchev–Trinajstić information content (AvgIpc) is 2.75. The van der Waals surface area contributed by atoms with E-state index in [0.29, 0.717) is 16.9 Å². The minimum Gasteiger partial charge on any atom is -0.336 e. The van der Waals surface area contributed by atoms with Gasteiger partial charge in [0.25, 0.3) is 0 Å². The summed E-state index contributed by atoms with van der Waals surface area (Å²) in [5.41, 5.74) is 1.73. The van der Waals surface area contributed by atoms with Crippen LogP contribution in [0.1, 0.15) is 18.9 Å². The van der Waals surface area contributed by atoms with Gasteiger partial charge < -0.3 is 15.1 Å². The highest BCUT2D eigenvalue weighted by atomic mass is 19.1. The maximum atomic E-state index is 13.3. The van der Waals surface area contributed by atoms with E-state index in [-0.39, 0.29) is 43.1 Å². The molecule has 0 saturated carbocycles. The molecule has 146 valence electrons. The number of hydrogen-bond acceptors (Lipinski definition) is 3. The van der Waals surface area contributed by atoms with Crippen LogP contribution >= 0.6 is 0 Å². The summed E-state index contributed by atoms with van der Waals surface area (Å²) in [6, 6.07) is 12.6. The summed E-state index contributed by atoms with van der Waals surface area (Å²) in [5, 5.41) is 2.80. The van der Waals surface area contributed by atoms with Crippen LogP contribution in [0, 0.1) is 5.82 Å². The molecule has 0 spiro atoms. The van der Waals surface area contributed by atoms with E-state index in [9.17, 15) is 18.8 Å². The monoisotopic (exact) mass is 383 g/mol. The van der Waals surface area contributed by atoms with E-state index >= 15 is 0 Å². The number of benzene rings is 2. The molecule has 1 unspecified atom stereocenters. The Labute approximate surface area is 162 Å². The second-order valence-corrected chi connectivity index (χ2v) is 6.94. The van der Waals surface area contributed by atoms with Crippen LogP contribution in [0.15, 0.2) is 48.5 Å². The molecule has 2 aromatic carbocycles. The fourth-order valence-corrected chi connectivity index (χ4v) is 3.29. The third kappa shape index (κ3) is 4.36. The van der Waals surface area contributed by atoms with Crippen molar-refractivity contribution in [3.63, 3.8) is 0 Å². The predicted molar refractivity (Wildman–Crippen MR) is 104 cm³/mol. The zero-order valence-corrected chi connectivity index (χ0v) is 15.8. The molecule has 0 aliphatic carbocycles. The van der Waals surface area contributed by atoms with Gasteiger partial charge in [-0.2, -0.15) is 0 Å². The predicted octanol–water partition coefficient (Wildman–Crippen LogP) is 2.59. The highest BCUT2D eigenvalue weighted by molar-refractivity contribution is 6.05. The van der Waals surface area contributed by atoms with Gasteiger partial charge in [0.05, 0.1) is 24.3 Å². The lowest BCUT2D eigenvalue weighted by atomic mass is 10.1. The Hall–Kier alpha value is -3.22. The summed E-state index contributed by atoms with van der Waals surface area (Å²) < 4.78 is 13.3. The Morgan fingerprint density at radius 3 is 2.71 bits per heavy atom. The fourth-order valence-electron chi connectivity index (χ4n) is 3.29. The first-order valence-electron chi connectivity index (χ1n) is 9.04. The molecule has 0 bridgehead atoms. The first-order chi connectivity index (χ1) is 13.3. The second kappa shape index (κ2) is 8.21. The molecule has 7 heteroatoms. The van der Waals surface area contributed by atoms with E-state index in [0.717, 1.165) is 0 Å². The molecule has 3 amide bonds. The van der Waals surface area contributed by atoms with Gasteiger partial charge in [-0.15, -0.1) is 0 Å². The molecule has 6 nitrogen and oxygen atoms in total. The van der Waals surface area contributed by atoms with Crippen molar-refractivity contribution in [1.29, 1.82) is 0 Å². The van der Waals surface area contributed by atoms with Crippen molar-refractivity contribution in [2.75, 3.05) is 23.8 Å². The molecule has 1 aliphatic rings. The lowest BCUT2D eigenvalue weighted by Gasteiger charge is -2.29. The summed E-state index contributed by atoms with van der Waals surface area (Å²) in [4.78, 5) is 40.4. The lowest BCUT2D eigenvalue weighted by molar-refractivity contribution is -0.133. The Morgan fingerprint density at radius 1 is 1.21 bits per heavy atom. The van der Waals surface area contributed by atoms with Crippen molar-refractivity contribution >= 4 is 29.1 Å². The summed E-state index contributed by atoms with van der Waals surface area (Å²) in [6.07, 6.45) is 0.176. The molecule has 0 aromatic heterocycles. The number of carbonyl (C=O) groups is 3. The first kappa shape index (κ1) is 19.5. The lowest BCUT2D eigenvalue weighted by Crippen LogP contribution is -2.45. The summed E-state index contributed by atoms with van der Waals surface area (Å²) in [5.74, 6) is -1.14. The zero-order chi connectivity index (χ0) is 20.3. The topological polar surface area (TPSA) is 69.7 Å².